The van der Waals surface area contributed by atoms with E-state index >= 15 is 0 Å². The Morgan fingerprint density at radius 3 is 2.01 bits per heavy atom. The number of nitrogens with one attached hydrogen (secondary N) is 2. The predicted octanol–water partition coefficient (Wildman–Crippen LogP) is 15.9. The summed E-state index contributed by atoms with van der Waals surface area (Å²) in [7, 11) is 0. The van der Waals surface area contributed by atoms with E-state index in [0.29, 0.717) is 17.5 Å². The topological polar surface area (TPSA) is 199 Å². The zero-order valence-corrected chi connectivity index (χ0v) is 44.6. The predicted molar refractivity (Wildman–Crippen MR) is 294 cm³/mol. The van der Waals surface area contributed by atoms with Crippen molar-refractivity contribution < 1.29 is 52.5 Å². The van der Waals surface area contributed by atoms with Crippen molar-refractivity contribution >= 4 is 69.1 Å². The largest absolute Gasteiger partial charge is 2.00 e. The Balaban J connectivity index is 0.000000266. The van der Waals surface area contributed by atoms with E-state index in [9.17, 15) is 33.0 Å². The molecule has 5 aromatic heterocycles. The van der Waals surface area contributed by atoms with Crippen LogP contribution in [0.15, 0.2) is 157 Å². The minimum Gasteiger partial charge on any atom is -0.753 e. The first kappa shape index (κ1) is 57.4. The van der Waals surface area contributed by atoms with Gasteiger partial charge >= 0.3 is 37.6 Å². The summed E-state index contributed by atoms with van der Waals surface area (Å²) < 4.78 is 37.4. The number of alkyl halides is 3. The molecule has 0 radical (unpaired) electrons. The van der Waals surface area contributed by atoms with Gasteiger partial charge in [0.15, 0.2) is 0 Å². The van der Waals surface area contributed by atoms with Crippen molar-refractivity contribution in [1.82, 2.24) is 19.9 Å². The average Bonchev–Trinajstić information content (AvgIpc) is 3.91. The van der Waals surface area contributed by atoms with Crippen LogP contribution in [0.2, 0.25) is 0 Å². The summed E-state index contributed by atoms with van der Waals surface area (Å²) in [6.07, 6.45) is 5.88. The normalized spacial score (nSPS) is 12.2. The number of aromatic nitrogens is 4. The van der Waals surface area contributed by atoms with Crippen LogP contribution in [0.5, 0.6) is 0 Å². The maximum Gasteiger partial charge on any atom is 2.00 e. The third-order valence-electron chi connectivity index (χ3n) is 12.4. The van der Waals surface area contributed by atoms with E-state index in [1.165, 1.54) is 77.8 Å². The standard InChI is InChI=1S/C38H28N4O4.C19H21F3N3S.CNS.Ru/c1-38(2)28-10-6-7-11-34(28)42(27-8-4-3-5-9-27)35-13-12-23(18-29(35)38)24-14-16-39-30(19-24)32-21-26(37(45)46)22-33(41-32)31-20-25(36(43)44)15-17-40-31;1-2-3-4-5-6-13-8-10-26-18(13)14-7-9-25-16(11-14)15(23)12-17(24)19(20,21)22;2-1-3;/h3-22H,1-2H3,(H,43,44)(H,45,46);7-12,23-24H,2-6H2,1H3;;/q;2*-1;+2/b;15-12-,24-17?;;. The molecule has 1 aliphatic rings. The molecule has 0 unspecified atom stereocenters. The molecule has 0 fully saturated rings. The van der Waals surface area contributed by atoms with E-state index in [2.05, 4.69) is 118 Å². The smallest absolute Gasteiger partial charge is 0.753 e. The second-order valence-corrected chi connectivity index (χ2v) is 18.8. The first-order chi connectivity index (χ1) is 35.9. The summed E-state index contributed by atoms with van der Waals surface area (Å²) >= 11 is 5.27. The molecule has 0 saturated heterocycles. The number of nitrogens with zero attached hydrogens (tertiary/aromatic N) is 6. The van der Waals surface area contributed by atoms with E-state index in [-0.39, 0.29) is 53.1 Å². The molecule has 9 rings (SSSR count). The molecule has 76 heavy (non-hydrogen) atoms. The number of aromatic carboxylic acids is 2. The fourth-order valence-electron chi connectivity index (χ4n) is 8.66. The van der Waals surface area contributed by atoms with E-state index in [4.69, 9.17) is 16.6 Å². The van der Waals surface area contributed by atoms with Gasteiger partial charge in [0, 0.05) is 40.3 Å². The van der Waals surface area contributed by atoms with Crippen LogP contribution in [0.3, 0.4) is 0 Å². The molecule has 6 heterocycles. The van der Waals surface area contributed by atoms with Crippen LogP contribution in [-0.4, -0.2) is 59.1 Å². The first-order valence-corrected chi connectivity index (χ1v) is 24.9. The van der Waals surface area contributed by atoms with Crippen LogP contribution in [0.1, 0.15) is 89.6 Å². The molecule has 4 N–H and O–H groups in total. The van der Waals surface area contributed by atoms with Crippen molar-refractivity contribution in [3.05, 3.63) is 202 Å². The van der Waals surface area contributed by atoms with Gasteiger partial charge in [-0.2, -0.15) is 18.3 Å². The van der Waals surface area contributed by atoms with Crippen molar-refractivity contribution in [2.24, 2.45) is 0 Å². The minimum absolute atomic E-state index is 0. The summed E-state index contributed by atoms with van der Waals surface area (Å²) in [6.45, 7) is 6.65. The SMILES string of the molecule is CC1(C)c2ccccc2N(c2ccccc2)c2ccc(-c3ccnc(-c4cc(C(=O)O)cc(-c5cc(C(=O)O)ccn5)n4)c3)cc21.CCCCCCc1ccsc1-c1ccnc(/C([NH-])=C/C(=N)C(F)(F)F)c1.[N-]=C=S.[Ru+2]. The molecule has 1 aliphatic heterocycles. The Kier molecular flexibility index (Phi) is 19.3. The molecule has 18 heteroatoms. The van der Waals surface area contributed by atoms with E-state index in [1.807, 2.05) is 35.7 Å². The van der Waals surface area contributed by atoms with Gasteiger partial charge < -0.3 is 26.3 Å². The Morgan fingerprint density at radius 1 is 0.750 bits per heavy atom. The van der Waals surface area contributed by atoms with Gasteiger partial charge in [0.25, 0.3) is 0 Å². The number of isothiocyanates is 1. The Morgan fingerprint density at radius 2 is 1.34 bits per heavy atom. The van der Waals surface area contributed by atoms with E-state index < -0.39 is 29.5 Å². The number of fused-ring (bicyclic) bond motifs is 2. The molecule has 0 aliphatic carbocycles. The molecule has 3 aromatic carbocycles. The summed E-state index contributed by atoms with van der Waals surface area (Å²) in [5.74, 6) is -2.26. The van der Waals surface area contributed by atoms with Crippen LogP contribution >= 0.6 is 23.6 Å². The molecule has 0 spiro atoms. The van der Waals surface area contributed by atoms with Gasteiger partial charge in [-0.15, -0.1) is 17.0 Å². The minimum atomic E-state index is -4.76. The quantitative estimate of drug-likeness (QED) is 0.0407. The Hall–Kier alpha value is -7.88. The number of halogens is 3. The van der Waals surface area contributed by atoms with E-state index in [1.54, 1.807) is 29.7 Å². The number of carboxylic acids is 2. The molecular formula is C58H49F3N8O4RuS2. The molecule has 0 bridgehead atoms. The number of allylic oxidation sites excluding steroid dienone is 1. The zero-order chi connectivity index (χ0) is 53.9. The second-order valence-electron chi connectivity index (χ2n) is 17.7. The maximum atomic E-state index is 12.5. The van der Waals surface area contributed by atoms with Crippen molar-refractivity contribution in [2.45, 2.75) is 64.5 Å². The van der Waals surface area contributed by atoms with Crippen LogP contribution in [0.25, 0.3) is 61.2 Å². The number of benzene rings is 3. The number of thiocarbonyl (C=S) groups is 1. The fourth-order valence-corrected chi connectivity index (χ4v) is 9.61. The molecule has 12 nitrogen and oxygen atoms in total. The van der Waals surface area contributed by atoms with Gasteiger partial charge in [-0.3, -0.25) is 20.4 Å². The molecule has 0 amide bonds. The first-order valence-electron chi connectivity index (χ1n) is 23.6. The number of pyridine rings is 4. The van der Waals surface area contributed by atoms with Gasteiger partial charge in [-0.25, -0.2) is 14.6 Å². The molecule has 0 saturated carbocycles. The Labute approximate surface area is 460 Å². The monoisotopic (exact) mass is 1140 g/mol. The summed E-state index contributed by atoms with van der Waals surface area (Å²) in [6, 6.07) is 40.2. The van der Waals surface area contributed by atoms with E-state index in [0.717, 1.165) is 51.5 Å². The maximum absolute atomic E-state index is 12.5. The number of hydrogen-bond acceptors (Lipinski definition) is 10. The number of carbonyl (C=O) groups is 2. The van der Waals surface area contributed by atoms with Gasteiger partial charge in [-0.1, -0.05) is 94.7 Å². The number of para-hydroxylation sites is 2. The fraction of sp³-hybridized carbons (Fsp3) is 0.172. The second kappa shape index (κ2) is 25.6. The average molecular weight is 1140 g/mol. The number of carboxylic acid groups (broad SMARTS) is 2. The van der Waals surface area contributed by atoms with Crippen LogP contribution in [-0.2, 0) is 31.3 Å². The third kappa shape index (κ3) is 13.5. The Bertz CT molecular complexity index is 3450. The molecule has 386 valence electrons. The molecule has 0 atom stereocenters. The number of thiophene rings is 1. The number of hydrogen-bond donors (Lipinski definition) is 3. The summed E-state index contributed by atoms with van der Waals surface area (Å²) in [5, 5.41) is 36.8. The van der Waals surface area contributed by atoms with Crippen LogP contribution in [0.4, 0.5) is 30.2 Å². The van der Waals surface area contributed by atoms with Gasteiger partial charge in [0.1, 0.15) is 5.71 Å². The summed E-state index contributed by atoms with van der Waals surface area (Å²) in [4.78, 5) is 44.4. The van der Waals surface area contributed by atoms with Crippen molar-refractivity contribution in [3.8, 4) is 44.3 Å². The van der Waals surface area contributed by atoms with Crippen LogP contribution in [0, 0.1) is 5.41 Å². The zero-order valence-electron chi connectivity index (χ0n) is 41.2. The summed E-state index contributed by atoms with van der Waals surface area (Å²) in [5.41, 5.74) is 16.6. The molecular weight excluding hydrogens is 1090 g/mol. The van der Waals surface area contributed by atoms with Gasteiger partial charge in [0.05, 0.1) is 45.3 Å². The van der Waals surface area contributed by atoms with Gasteiger partial charge in [-0.05, 0) is 143 Å². The van der Waals surface area contributed by atoms with Crippen LogP contribution < -0.4 is 4.90 Å². The van der Waals surface area contributed by atoms with Crippen molar-refractivity contribution in [1.29, 1.82) is 5.41 Å². The number of anilines is 3. The van der Waals surface area contributed by atoms with Gasteiger partial charge in [0.2, 0.25) is 0 Å². The number of aryl methyl sites for hydroxylation is 1. The van der Waals surface area contributed by atoms with Crippen molar-refractivity contribution in [2.75, 3.05) is 4.90 Å². The van der Waals surface area contributed by atoms with Crippen molar-refractivity contribution in [3.63, 3.8) is 0 Å². The third-order valence-corrected chi connectivity index (χ3v) is 13.4. The number of unbranched alkanes of at least 4 members (excludes halogenated alkanes) is 3. The number of rotatable bonds is 14. The molecule has 8 aromatic rings.